The molecule has 3 rings (SSSR count). The Hall–Kier alpha value is -2.91. The summed E-state index contributed by atoms with van der Waals surface area (Å²) in [5.41, 5.74) is 0.561. The van der Waals surface area contributed by atoms with Gasteiger partial charge in [-0.1, -0.05) is 41.6 Å². The predicted octanol–water partition coefficient (Wildman–Crippen LogP) is 4.03. The van der Waals surface area contributed by atoms with Crippen LogP contribution in [0.4, 0.5) is 11.4 Å². The van der Waals surface area contributed by atoms with E-state index in [0.717, 1.165) is 17.3 Å². The molecule has 0 saturated heterocycles. The van der Waals surface area contributed by atoms with Gasteiger partial charge in [-0.2, -0.15) is 0 Å². The molecule has 0 fully saturated rings. The number of rotatable bonds is 6. The van der Waals surface area contributed by atoms with Crippen LogP contribution < -0.4 is 5.32 Å². The number of carbonyl (C=O) groups excluding carboxylic acids is 1. The quantitative estimate of drug-likeness (QED) is 0.384. The Morgan fingerprint density at radius 3 is 2.73 bits per heavy atom. The Morgan fingerprint density at radius 2 is 2.00 bits per heavy atom. The first-order chi connectivity index (χ1) is 12.5. The number of nitrogens with one attached hydrogen (secondary N) is 1. The Balaban J connectivity index is 1.63. The van der Waals surface area contributed by atoms with Crippen molar-refractivity contribution in [2.24, 2.45) is 0 Å². The van der Waals surface area contributed by atoms with Gasteiger partial charge in [0.05, 0.1) is 10.7 Å². The second kappa shape index (κ2) is 7.98. The van der Waals surface area contributed by atoms with Crippen LogP contribution in [0.2, 0.25) is 5.02 Å². The van der Waals surface area contributed by atoms with Gasteiger partial charge in [-0.15, -0.1) is 10.2 Å². The molecule has 0 aliphatic rings. The van der Waals surface area contributed by atoms with Gasteiger partial charge in [0.25, 0.3) is 10.9 Å². The average Bonchev–Trinajstić information content (AvgIpc) is 3.09. The third kappa shape index (κ3) is 4.38. The lowest BCUT2D eigenvalue weighted by atomic mass is 10.2. The van der Waals surface area contributed by atoms with E-state index in [-0.39, 0.29) is 27.4 Å². The molecule has 0 bridgehead atoms. The van der Waals surface area contributed by atoms with Crippen molar-refractivity contribution in [3.05, 3.63) is 63.7 Å². The van der Waals surface area contributed by atoms with Gasteiger partial charge in [0.15, 0.2) is 0 Å². The number of thioether (sulfide) groups is 1. The average molecular weight is 391 g/mol. The van der Waals surface area contributed by atoms with E-state index in [1.807, 2.05) is 30.3 Å². The summed E-state index contributed by atoms with van der Waals surface area (Å²) in [4.78, 5) is 22.5. The molecule has 1 heterocycles. The fourth-order valence-corrected chi connectivity index (χ4v) is 2.78. The van der Waals surface area contributed by atoms with Gasteiger partial charge < -0.3 is 9.73 Å². The minimum Gasteiger partial charge on any atom is -0.411 e. The van der Waals surface area contributed by atoms with Gasteiger partial charge in [0.2, 0.25) is 11.8 Å². The number of hydrogen-bond donors (Lipinski definition) is 1. The Kier molecular flexibility index (Phi) is 5.49. The number of hydrogen-bond acceptors (Lipinski definition) is 7. The summed E-state index contributed by atoms with van der Waals surface area (Å²) in [6, 6.07) is 13.1. The van der Waals surface area contributed by atoms with Crippen molar-refractivity contribution in [2.45, 2.75) is 5.22 Å². The van der Waals surface area contributed by atoms with E-state index in [4.69, 9.17) is 16.0 Å². The molecule has 26 heavy (non-hydrogen) atoms. The molecule has 0 radical (unpaired) electrons. The predicted molar refractivity (Wildman–Crippen MR) is 97.2 cm³/mol. The molecule has 1 N–H and O–H groups in total. The molecule has 0 aliphatic carbocycles. The Morgan fingerprint density at radius 1 is 1.23 bits per heavy atom. The summed E-state index contributed by atoms with van der Waals surface area (Å²) in [6.45, 7) is 0. The van der Waals surface area contributed by atoms with Crippen molar-refractivity contribution in [2.75, 3.05) is 11.1 Å². The third-order valence-corrected chi connectivity index (χ3v) is 4.24. The number of amides is 1. The number of aromatic nitrogens is 2. The highest BCUT2D eigenvalue weighted by Gasteiger charge is 2.17. The molecule has 1 amide bonds. The van der Waals surface area contributed by atoms with Crippen molar-refractivity contribution < 1.29 is 14.1 Å². The number of anilines is 1. The number of benzene rings is 2. The molecule has 1 aromatic heterocycles. The maximum atomic E-state index is 12.1. The third-order valence-electron chi connectivity index (χ3n) is 3.18. The summed E-state index contributed by atoms with van der Waals surface area (Å²) in [5, 5.41) is 21.8. The Labute approximate surface area is 156 Å². The summed E-state index contributed by atoms with van der Waals surface area (Å²) in [6.07, 6.45) is 0. The molecule has 10 heteroatoms. The van der Waals surface area contributed by atoms with Crippen LogP contribution in [0.5, 0.6) is 0 Å². The highest BCUT2D eigenvalue weighted by Crippen LogP contribution is 2.28. The first kappa shape index (κ1) is 17.9. The topological polar surface area (TPSA) is 111 Å². The zero-order valence-electron chi connectivity index (χ0n) is 13.1. The maximum Gasteiger partial charge on any atom is 0.292 e. The van der Waals surface area contributed by atoms with Crippen LogP contribution in [0, 0.1) is 10.1 Å². The van der Waals surface area contributed by atoms with Crippen LogP contribution in [0.15, 0.2) is 58.2 Å². The number of nitro groups is 1. The lowest BCUT2D eigenvalue weighted by Gasteiger charge is -2.05. The minimum absolute atomic E-state index is 0.0311. The number of carbonyl (C=O) groups is 1. The highest BCUT2D eigenvalue weighted by molar-refractivity contribution is 7.99. The van der Waals surface area contributed by atoms with Crippen molar-refractivity contribution >= 4 is 40.6 Å². The van der Waals surface area contributed by atoms with Gasteiger partial charge in [-0.25, -0.2) is 0 Å². The molecule has 0 unspecified atom stereocenters. The van der Waals surface area contributed by atoms with E-state index in [1.165, 1.54) is 18.2 Å². The zero-order chi connectivity index (χ0) is 18.5. The van der Waals surface area contributed by atoms with Crippen molar-refractivity contribution in [1.82, 2.24) is 10.2 Å². The van der Waals surface area contributed by atoms with E-state index >= 15 is 0 Å². The first-order valence-electron chi connectivity index (χ1n) is 7.28. The molecule has 3 aromatic rings. The van der Waals surface area contributed by atoms with E-state index in [1.54, 1.807) is 0 Å². The van der Waals surface area contributed by atoms with Gasteiger partial charge >= 0.3 is 0 Å². The summed E-state index contributed by atoms with van der Waals surface area (Å²) < 4.78 is 5.48. The fourth-order valence-electron chi connectivity index (χ4n) is 2.05. The SMILES string of the molecule is O=C(CSc1nnc(-c2ccccc2)o1)Nc1cc(Cl)ccc1[N+](=O)[O-]. The van der Waals surface area contributed by atoms with Crippen molar-refractivity contribution in [3.8, 4) is 11.5 Å². The number of nitrogens with zero attached hydrogens (tertiary/aromatic N) is 3. The molecule has 0 saturated carbocycles. The van der Waals surface area contributed by atoms with Crippen LogP contribution in [0.1, 0.15) is 0 Å². The Bertz CT molecular complexity index is 948. The molecule has 0 spiro atoms. The largest absolute Gasteiger partial charge is 0.411 e. The number of halogens is 1. The summed E-state index contributed by atoms with van der Waals surface area (Å²) >= 11 is 6.85. The lowest BCUT2D eigenvalue weighted by molar-refractivity contribution is -0.383. The van der Waals surface area contributed by atoms with Crippen molar-refractivity contribution in [1.29, 1.82) is 0 Å². The van der Waals surface area contributed by atoms with Gasteiger partial charge in [-0.05, 0) is 24.3 Å². The minimum atomic E-state index is -0.594. The fraction of sp³-hybridized carbons (Fsp3) is 0.0625. The molecule has 132 valence electrons. The highest BCUT2D eigenvalue weighted by atomic mass is 35.5. The zero-order valence-corrected chi connectivity index (χ0v) is 14.7. The van der Waals surface area contributed by atoms with E-state index in [2.05, 4.69) is 15.5 Å². The van der Waals surface area contributed by atoms with Gasteiger partial charge in [-0.3, -0.25) is 14.9 Å². The standard InChI is InChI=1S/C16H11ClN4O4S/c17-11-6-7-13(21(23)24)12(8-11)18-14(22)9-26-16-20-19-15(25-16)10-4-2-1-3-5-10/h1-8H,9H2,(H,18,22). The second-order valence-electron chi connectivity index (χ2n) is 4.99. The van der Waals surface area contributed by atoms with E-state index < -0.39 is 10.8 Å². The van der Waals surface area contributed by atoms with E-state index in [9.17, 15) is 14.9 Å². The second-order valence-corrected chi connectivity index (χ2v) is 6.36. The lowest BCUT2D eigenvalue weighted by Crippen LogP contribution is -2.15. The van der Waals surface area contributed by atoms with Crippen LogP contribution in [-0.4, -0.2) is 26.8 Å². The van der Waals surface area contributed by atoms with Crippen LogP contribution in [-0.2, 0) is 4.79 Å². The molecule has 2 aromatic carbocycles. The molecule has 0 aliphatic heterocycles. The van der Waals surface area contributed by atoms with Crippen molar-refractivity contribution in [3.63, 3.8) is 0 Å². The van der Waals surface area contributed by atoms with Gasteiger partial charge in [0.1, 0.15) is 5.69 Å². The smallest absolute Gasteiger partial charge is 0.292 e. The summed E-state index contributed by atoms with van der Waals surface area (Å²) in [5.74, 6) is -0.168. The van der Waals surface area contributed by atoms with Gasteiger partial charge in [0, 0.05) is 16.7 Å². The van der Waals surface area contributed by atoms with Crippen LogP contribution in [0.25, 0.3) is 11.5 Å². The maximum absolute atomic E-state index is 12.1. The monoisotopic (exact) mass is 390 g/mol. The summed E-state index contributed by atoms with van der Waals surface area (Å²) in [7, 11) is 0. The van der Waals surface area contributed by atoms with Crippen LogP contribution >= 0.6 is 23.4 Å². The van der Waals surface area contributed by atoms with E-state index in [0.29, 0.717) is 5.89 Å². The molecule has 8 nitrogen and oxygen atoms in total. The molecular weight excluding hydrogens is 380 g/mol. The molecule has 0 atom stereocenters. The first-order valence-corrected chi connectivity index (χ1v) is 8.65. The molecular formula is C16H11ClN4O4S. The normalized spacial score (nSPS) is 10.5. The number of nitro benzene ring substituents is 1. The van der Waals surface area contributed by atoms with Crippen LogP contribution in [0.3, 0.4) is 0 Å².